The van der Waals surface area contributed by atoms with Crippen molar-refractivity contribution in [3.05, 3.63) is 65.7 Å². The SMILES string of the molecule is CC1CN(C(=O)c2ccc(OCc3ccccc3)cc2)CC(C)O1. The maximum Gasteiger partial charge on any atom is 0.254 e. The van der Waals surface area contributed by atoms with Gasteiger partial charge in [0, 0.05) is 18.7 Å². The van der Waals surface area contributed by atoms with Gasteiger partial charge in [-0.15, -0.1) is 0 Å². The molecule has 1 aliphatic rings. The number of carbonyl (C=O) groups is 1. The molecular weight excluding hydrogens is 302 g/mol. The Morgan fingerprint density at radius 2 is 1.67 bits per heavy atom. The molecule has 0 aromatic heterocycles. The van der Waals surface area contributed by atoms with Crippen LogP contribution in [0.3, 0.4) is 0 Å². The molecule has 0 radical (unpaired) electrons. The first kappa shape index (κ1) is 16.5. The first-order valence-electron chi connectivity index (χ1n) is 8.33. The van der Waals surface area contributed by atoms with Crippen molar-refractivity contribution < 1.29 is 14.3 Å². The lowest BCUT2D eigenvalue weighted by molar-refractivity contribution is -0.0586. The van der Waals surface area contributed by atoms with Crippen molar-refractivity contribution in [3.63, 3.8) is 0 Å². The molecule has 1 aliphatic heterocycles. The van der Waals surface area contributed by atoms with E-state index in [1.54, 1.807) is 0 Å². The molecule has 1 saturated heterocycles. The van der Waals surface area contributed by atoms with Gasteiger partial charge in [-0.25, -0.2) is 0 Å². The third-order valence-corrected chi connectivity index (χ3v) is 4.06. The second kappa shape index (κ2) is 7.49. The Morgan fingerprint density at radius 1 is 1.04 bits per heavy atom. The summed E-state index contributed by atoms with van der Waals surface area (Å²) < 4.78 is 11.4. The molecule has 1 amide bonds. The molecule has 2 aromatic rings. The van der Waals surface area contributed by atoms with Gasteiger partial charge in [-0.3, -0.25) is 4.79 Å². The van der Waals surface area contributed by atoms with Crippen molar-refractivity contribution in [2.24, 2.45) is 0 Å². The number of amides is 1. The van der Waals surface area contributed by atoms with Crippen LogP contribution in [0.1, 0.15) is 29.8 Å². The molecule has 0 saturated carbocycles. The summed E-state index contributed by atoms with van der Waals surface area (Å²) in [6.07, 6.45) is 0.150. The van der Waals surface area contributed by atoms with Crippen LogP contribution >= 0.6 is 0 Å². The van der Waals surface area contributed by atoms with Gasteiger partial charge in [0.15, 0.2) is 0 Å². The fraction of sp³-hybridized carbons (Fsp3) is 0.350. The molecule has 3 rings (SSSR count). The zero-order valence-electron chi connectivity index (χ0n) is 14.1. The van der Waals surface area contributed by atoms with Crippen LogP contribution in [-0.4, -0.2) is 36.1 Å². The van der Waals surface area contributed by atoms with Crippen LogP contribution in [0.5, 0.6) is 5.75 Å². The Labute approximate surface area is 143 Å². The minimum Gasteiger partial charge on any atom is -0.489 e. The number of morpholine rings is 1. The average Bonchev–Trinajstić information content (AvgIpc) is 2.60. The van der Waals surface area contributed by atoms with E-state index >= 15 is 0 Å². The third kappa shape index (κ3) is 4.15. The molecule has 2 unspecified atom stereocenters. The van der Waals surface area contributed by atoms with Crippen LogP contribution in [-0.2, 0) is 11.3 Å². The van der Waals surface area contributed by atoms with Crippen molar-refractivity contribution in [2.45, 2.75) is 32.7 Å². The fourth-order valence-corrected chi connectivity index (χ4v) is 2.96. The van der Waals surface area contributed by atoms with Gasteiger partial charge in [0.05, 0.1) is 12.2 Å². The van der Waals surface area contributed by atoms with Crippen LogP contribution in [0.2, 0.25) is 0 Å². The van der Waals surface area contributed by atoms with E-state index in [1.165, 1.54) is 0 Å². The van der Waals surface area contributed by atoms with Gasteiger partial charge in [-0.1, -0.05) is 30.3 Å². The monoisotopic (exact) mass is 325 g/mol. The topological polar surface area (TPSA) is 38.8 Å². The summed E-state index contributed by atoms with van der Waals surface area (Å²) in [5.74, 6) is 0.811. The Morgan fingerprint density at radius 3 is 2.29 bits per heavy atom. The lowest BCUT2D eigenvalue weighted by atomic mass is 10.1. The predicted octanol–water partition coefficient (Wildman–Crippen LogP) is 3.52. The normalized spacial score (nSPS) is 20.7. The summed E-state index contributed by atoms with van der Waals surface area (Å²) in [6.45, 7) is 5.78. The minimum atomic E-state index is 0.0478. The van der Waals surface area contributed by atoms with Gasteiger partial charge >= 0.3 is 0 Å². The van der Waals surface area contributed by atoms with Crippen molar-refractivity contribution in [1.82, 2.24) is 4.90 Å². The van der Waals surface area contributed by atoms with Crippen LogP contribution in [0, 0.1) is 0 Å². The standard InChI is InChI=1S/C20H23NO3/c1-15-12-21(13-16(2)24-15)20(22)18-8-10-19(11-9-18)23-14-17-6-4-3-5-7-17/h3-11,15-16H,12-14H2,1-2H3. The van der Waals surface area contributed by atoms with E-state index in [2.05, 4.69) is 0 Å². The van der Waals surface area contributed by atoms with Gasteiger partial charge in [0.2, 0.25) is 0 Å². The van der Waals surface area contributed by atoms with E-state index in [-0.39, 0.29) is 18.1 Å². The molecule has 1 heterocycles. The Hall–Kier alpha value is -2.33. The van der Waals surface area contributed by atoms with Gasteiger partial charge in [-0.05, 0) is 43.7 Å². The molecule has 0 N–H and O–H groups in total. The van der Waals surface area contributed by atoms with E-state index < -0.39 is 0 Å². The Kier molecular flexibility index (Phi) is 5.16. The van der Waals surface area contributed by atoms with E-state index in [1.807, 2.05) is 73.3 Å². The lowest BCUT2D eigenvalue weighted by Crippen LogP contribution is -2.48. The first-order valence-corrected chi connectivity index (χ1v) is 8.33. The summed E-state index contributed by atoms with van der Waals surface area (Å²) in [6, 6.07) is 17.4. The average molecular weight is 325 g/mol. The van der Waals surface area contributed by atoms with Crippen LogP contribution in [0.4, 0.5) is 0 Å². The molecular formula is C20H23NO3. The molecule has 1 fully saturated rings. The molecule has 2 aromatic carbocycles. The molecule has 24 heavy (non-hydrogen) atoms. The number of benzene rings is 2. The fourth-order valence-electron chi connectivity index (χ4n) is 2.96. The molecule has 0 aliphatic carbocycles. The number of ether oxygens (including phenoxy) is 2. The van der Waals surface area contributed by atoms with Gasteiger partial charge in [0.25, 0.3) is 5.91 Å². The van der Waals surface area contributed by atoms with E-state index in [9.17, 15) is 4.79 Å². The minimum absolute atomic E-state index is 0.0478. The molecule has 126 valence electrons. The summed E-state index contributed by atoms with van der Waals surface area (Å²) >= 11 is 0. The van der Waals surface area contributed by atoms with Crippen LogP contribution < -0.4 is 4.74 Å². The maximum atomic E-state index is 12.6. The van der Waals surface area contributed by atoms with E-state index in [4.69, 9.17) is 9.47 Å². The van der Waals surface area contributed by atoms with Crippen molar-refractivity contribution >= 4 is 5.91 Å². The van der Waals surface area contributed by atoms with Gasteiger partial charge in [-0.2, -0.15) is 0 Å². The zero-order chi connectivity index (χ0) is 16.9. The molecule has 0 bridgehead atoms. The maximum absolute atomic E-state index is 12.6. The number of nitrogens with zero attached hydrogens (tertiary/aromatic N) is 1. The number of rotatable bonds is 4. The zero-order valence-corrected chi connectivity index (χ0v) is 14.1. The second-order valence-electron chi connectivity index (χ2n) is 6.27. The van der Waals surface area contributed by atoms with Crippen molar-refractivity contribution in [2.75, 3.05) is 13.1 Å². The summed E-state index contributed by atoms with van der Waals surface area (Å²) in [4.78, 5) is 14.5. The Bertz CT molecular complexity index is 659. The quantitative estimate of drug-likeness (QED) is 0.863. The van der Waals surface area contributed by atoms with Gasteiger partial charge < -0.3 is 14.4 Å². The summed E-state index contributed by atoms with van der Waals surface area (Å²) in [7, 11) is 0. The highest BCUT2D eigenvalue weighted by molar-refractivity contribution is 5.94. The smallest absolute Gasteiger partial charge is 0.254 e. The highest BCUT2D eigenvalue weighted by atomic mass is 16.5. The van der Waals surface area contributed by atoms with Crippen molar-refractivity contribution in [3.8, 4) is 5.75 Å². The molecule has 4 nitrogen and oxygen atoms in total. The molecule has 0 spiro atoms. The number of carbonyl (C=O) groups excluding carboxylic acids is 1. The van der Waals surface area contributed by atoms with Crippen LogP contribution in [0.25, 0.3) is 0 Å². The molecule has 4 heteroatoms. The number of hydrogen-bond donors (Lipinski definition) is 0. The highest BCUT2D eigenvalue weighted by Crippen LogP contribution is 2.18. The van der Waals surface area contributed by atoms with E-state index in [0.717, 1.165) is 11.3 Å². The third-order valence-electron chi connectivity index (χ3n) is 4.06. The van der Waals surface area contributed by atoms with Crippen molar-refractivity contribution in [1.29, 1.82) is 0 Å². The van der Waals surface area contributed by atoms with Crippen LogP contribution in [0.15, 0.2) is 54.6 Å². The highest BCUT2D eigenvalue weighted by Gasteiger charge is 2.26. The second-order valence-corrected chi connectivity index (χ2v) is 6.27. The predicted molar refractivity (Wildman–Crippen MR) is 93.1 cm³/mol. The van der Waals surface area contributed by atoms with E-state index in [0.29, 0.717) is 25.3 Å². The largest absolute Gasteiger partial charge is 0.489 e. The first-order chi connectivity index (χ1) is 11.6. The lowest BCUT2D eigenvalue weighted by Gasteiger charge is -2.35. The van der Waals surface area contributed by atoms with Gasteiger partial charge in [0.1, 0.15) is 12.4 Å². The Balaban J connectivity index is 1.60. The summed E-state index contributed by atoms with van der Waals surface area (Å²) in [5.41, 5.74) is 1.80. The summed E-state index contributed by atoms with van der Waals surface area (Å²) in [5, 5.41) is 0. The molecule has 2 atom stereocenters. The number of hydrogen-bond acceptors (Lipinski definition) is 3.